The Morgan fingerprint density at radius 1 is 0.650 bits per heavy atom. The fourth-order valence-corrected chi connectivity index (χ4v) is 5.13. The number of nitrogens with one attached hydrogen (secondary N) is 3. The Morgan fingerprint density at radius 3 is 2.33 bits per heavy atom. The first kappa shape index (κ1) is 23.9. The zero-order valence-corrected chi connectivity index (χ0v) is 21.5. The van der Waals surface area contributed by atoms with Crippen LogP contribution in [-0.4, -0.2) is 25.1 Å². The normalized spacial score (nSPS) is 11.4. The van der Waals surface area contributed by atoms with Crippen molar-refractivity contribution >= 4 is 21.8 Å². The molecule has 0 saturated heterocycles. The fraction of sp³-hybridized carbons (Fsp3) is 0.0606. The van der Waals surface area contributed by atoms with Crippen LogP contribution >= 0.6 is 0 Å². The Bertz CT molecular complexity index is 1940. The van der Waals surface area contributed by atoms with Gasteiger partial charge in [-0.25, -0.2) is 4.39 Å². The van der Waals surface area contributed by atoms with Gasteiger partial charge in [-0.05, 0) is 58.7 Å². The van der Waals surface area contributed by atoms with Crippen molar-refractivity contribution < 1.29 is 4.39 Å². The molecule has 0 atom stereocenters. The summed E-state index contributed by atoms with van der Waals surface area (Å²) < 4.78 is 13.5. The second-order valence-electron chi connectivity index (χ2n) is 9.84. The molecule has 0 aliphatic heterocycles. The van der Waals surface area contributed by atoms with Crippen LogP contribution in [0.5, 0.6) is 0 Å². The van der Waals surface area contributed by atoms with Crippen LogP contribution in [0, 0.1) is 5.82 Å². The van der Waals surface area contributed by atoms with E-state index in [2.05, 4.69) is 85.1 Å². The van der Waals surface area contributed by atoms with Crippen LogP contribution in [0.4, 0.5) is 4.39 Å². The minimum Gasteiger partial charge on any atom is -0.352 e. The second-order valence-corrected chi connectivity index (χ2v) is 9.84. The SMILES string of the molecule is Fc1ccc(-c2cncc3[nH]c(-c4n[nH]c5ccc(-c6cncc(CNCc7ccccc7)c6)cc45)cc23)cc1. The molecule has 40 heavy (non-hydrogen) atoms. The van der Waals surface area contributed by atoms with Gasteiger partial charge in [0, 0.05) is 53.6 Å². The number of rotatable bonds is 7. The van der Waals surface area contributed by atoms with E-state index in [9.17, 15) is 4.39 Å². The van der Waals surface area contributed by atoms with Crippen molar-refractivity contribution in [1.82, 2.24) is 30.5 Å². The lowest BCUT2D eigenvalue weighted by Crippen LogP contribution is -2.12. The lowest BCUT2D eigenvalue weighted by atomic mass is 10.0. The van der Waals surface area contributed by atoms with E-state index in [-0.39, 0.29) is 5.82 Å². The number of nitrogens with zero attached hydrogens (tertiary/aromatic N) is 3. The van der Waals surface area contributed by atoms with Crippen molar-refractivity contribution in [3.8, 4) is 33.6 Å². The molecular formula is C33H25FN6. The van der Waals surface area contributed by atoms with Crippen molar-refractivity contribution in [3.05, 3.63) is 127 Å². The van der Waals surface area contributed by atoms with E-state index in [4.69, 9.17) is 0 Å². The maximum atomic E-state index is 13.5. The minimum absolute atomic E-state index is 0.262. The van der Waals surface area contributed by atoms with E-state index >= 15 is 0 Å². The van der Waals surface area contributed by atoms with Gasteiger partial charge in [0.2, 0.25) is 0 Å². The van der Waals surface area contributed by atoms with Gasteiger partial charge >= 0.3 is 0 Å². The highest BCUT2D eigenvalue weighted by Crippen LogP contribution is 2.35. The largest absolute Gasteiger partial charge is 0.352 e. The molecular weight excluding hydrogens is 499 g/mol. The molecule has 0 fully saturated rings. The van der Waals surface area contributed by atoms with E-state index in [1.807, 2.05) is 24.7 Å². The van der Waals surface area contributed by atoms with Gasteiger partial charge in [0.1, 0.15) is 11.5 Å². The molecule has 7 aromatic rings. The lowest BCUT2D eigenvalue weighted by Gasteiger charge is -2.08. The van der Waals surface area contributed by atoms with Gasteiger partial charge in [-0.2, -0.15) is 5.10 Å². The summed E-state index contributed by atoms with van der Waals surface area (Å²) in [5, 5.41) is 13.3. The molecule has 0 spiro atoms. The molecule has 4 heterocycles. The van der Waals surface area contributed by atoms with E-state index < -0.39 is 0 Å². The van der Waals surface area contributed by atoms with E-state index in [0.717, 1.165) is 74.1 Å². The van der Waals surface area contributed by atoms with Crippen LogP contribution in [0.2, 0.25) is 0 Å². The molecule has 0 bridgehead atoms. The van der Waals surface area contributed by atoms with Gasteiger partial charge in [0.05, 0.1) is 22.9 Å². The third-order valence-electron chi connectivity index (χ3n) is 7.15. The summed E-state index contributed by atoms with van der Waals surface area (Å²) in [6.07, 6.45) is 7.41. The number of aromatic amines is 2. The molecule has 0 unspecified atom stereocenters. The monoisotopic (exact) mass is 524 g/mol. The number of pyridine rings is 2. The number of fused-ring (bicyclic) bond motifs is 2. The van der Waals surface area contributed by atoms with E-state index in [1.54, 1.807) is 18.3 Å². The number of benzene rings is 3. The summed E-state index contributed by atoms with van der Waals surface area (Å²) in [5.41, 5.74) is 9.88. The van der Waals surface area contributed by atoms with Gasteiger partial charge in [0.25, 0.3) is 0 Å². The first-order chi connectivity index (χ1) is 19.7. The average molecular weight is 525 g/mol. The third kappa shape index (κ3) is 4.63. The number of hydrogen-bond acceptors (Lipinski definition) is 4. The highest BCUT2D eigenvalue weighted by atomic mass is 19.1. The van der Waals surface area contributed by atoms with Crippen molar-refractivity contribution in [3.63, 3.8) is 0 Å². The number of aromatic nitrogens is 5. The Labute approximate surface area is 230 Å². The molecule has 6 nitrogen and oxygen atoms in total. The van der Waals surface area contributed by atoms with Crippen molar-refractivity contribution in [2.45, 2.75) is 13.1 Å². The van der Waals surface area contributed by atoms with Crippen molar-refractivity contribution in [1.29, 1.82) is 0 Å². The molecule has 4 aromatic heterocycles. The van der Waals surface area contributed by atoms with Crippen molar-refractivity contribution in [2.24, 2.45) is 0 Å². The molecule has 0 amide bonds. The second kappa shape index (κ2) is 10.2. The van der Waals surface area contributed by atoms with Gasteiger partial charge in [-0.15, -0.1) is 0 Å². The first-order valence-electron chi connectivity index (χ1n) is 13.1. The summed E-state index contributed by atoms with van der Waals surface area (Å²) in [4.78, 5) is 12.4. The zero-order chi connectivity index (χ0) is 26.9. The van der Waals surface area contributed by atoms with Gasteiger partial charge in [-0.1, -0.05) is 48.5 Å². The topological polar surface area (TPSA) is 82.3 Å². The smallest absolute Gasteiger partial charge is 0.123 e. The van der Waals surface area contributed by atoms with E-state index in [1.165, 1.54) is 17.7 Å². The van der Waals surface area contributed by atoms with Crippen molar-refractivity contribution in [2.75, 3.05) is 0 Å². The predicted octanol–water partition coefficient (Wildman–Crippen LogP) is 7.26. The maximum absolute atomic E-state index is 13.5. The molecule has 0 aliphatic carbocycles. The summed E-state index contributed by atoms with van der Waals surface area (Å²) in [6, 6.07) is 27.4. The Kier molecular flexibility index (Phi) is 6.11. The number of hydrogen-bond donors (Lipinski definition) is 3. The van der Waals surface area contributed by atoms with Gasteiger partial charge in [-0.3, -0.25) is 15.1 Å². The standard InChI is InChI=1S/C33H25FN6/c34-26-9-6-23(7-10-26)29-19-37-20-32-27(29)14-31(38-32)33-28-13-24(8-11-30(28)39-40-33)25-12-22(17-36-18-25)16-35-15-21-4-2-1-3-5-21/h1-14,17-20,35,38H,15-16H2,(H,39,40). The Morgan fingerprint density at radius 2 is 1.45 bits per heavy atom. The minimum atomic E-state index is -0.262. The van der Waals surface area contributed by atoms with Crippen LogP contribution in [0.1, 0.15) is 11.1 Å². The summed E-state index contributed by atoms with van der Waals surface area (Å²) in [6.45, 7) is 1.53. The molecule has 3 N–H and O–H groups in total. The van der Waals surface area contributed by atoms with Crippen LogP contribution in [-0.2, 0) is 13.1 Å². The Balaban J connectivity index is 1.20. The van der Waals surface area contributed by atoms with Gasteiger partial charge in [0.15, 0.2) is 0 Å². The zero-order valence-electron chi connectivity index (χ0n) is 21.5. The van der Waals surface area contributed by atoms with Crippen LogP contribution in [0.15, 0.2) is 110 Å². The highest BCUT2D eigenvalue weighted by molar-refractivity contribution is 6.01. The number of H-pyrrole nitrogens is 2. The molecule has 7 heteroatoms. The van der Waals surface area contributed by atoms with Crippen LogP contribution < -0.4 is 5.32 Å². The molecule has 7 rings (SSSR count). The quantitative estimate of drug-likeness (QED) is 0.205. The van der Waals surface area contributed by atoms with Gasteiger partial charge < -0.3 is 10.3 Å². The third-order valence-corrected chi connectivity index (χ3v) is 7.15. The fourth-order valence-electron chi connectivity index (χ4n) is 5.13. The average Bonchev–Trinajstić information content (AvgIpc) is 3.62. The summed E-state index contributed by atoms with van der Waals surface area (Å²) in [5.74, 6) is -0.262. The highest BCUT2D eigenvalue weighted by Gasteiger charge is 2.15. The van der Waals surface area contributed by atoms with Crippen LogP contribution in [0.25, 0.3) is 55.4 Å². The molecule has 0 saturated carbocycles. The predicted molar refractivity (Wildman–Crippen MR) is 157 cm³/mol. The van der Waals surface area contributed by atoms with E-state index in [0.29, 0.717) is 0 Å². The molecule has 0 radical (unpaired) electrons. The summed E-state index contributed by atoms with van der Waals surface area (Å²) >= 11 is 0. The molecule has 0 aliphatic rings. The maximum Gasteiger partial charge on any atom is 0.123 e. The molecule has 3 aromatic carbocycles. The lowest BCUT2D eigenvalue weighted by molar-refractivity contribution is 0.628. The molecule has 194 valence electrons. The Hall–Kier alpha value is -5.14. The summed E-state index contributed by atoms with van der Waals surface area (Å²) in [7, 11) is 0. The van der Waals surface area contributed by atoms with Crippen LogP contribution in [0.3, 0.4) is 0 Å². The number of halogens is 1. The first-order valence-corrected chi connectivity index (χ1v) is 13.1.